The van der Waals surface area contributed by atoms with Crippen molar-refractivity contribution in [3.05, 3.63) is 68.1 Å². The summed E-state index contributed by atoms with van der Waals surface area (Å²) in [6, 6.07) is 9.49. The summed E-state index contributed by atoms with van der Waals surface area (Å²) in [5.74, 6) is -0.475. The van der Waals surface area contributed by atoms with Crippen LogP contribution in [0.4, 0.5) is 4.39 Å². The molecule has 0 atom stereocenters. The van der Waals surface area contributed by atoms with Crippen molar-refractivity contribution in [3.63, 3.8) is 0 Å². The Kier molecular flexibility index (Phi) is 3.52. The molecular formula is C15H8ClFINO. The number of nitrogens with one attached hydrogen (secondary N) is 1. The fourth-order valence-corrected chi connectivity index (χ4v) is 2.60. The summed E-state index contributed by atoms with van der Waals surface area (Å²) in [6.07, 6.45) is 1.60. The van der Waals surface area contributed by atoms with Gasteiger partial charge in [0.1, 0.15) is 5.82 Å². The number of H-pyrrole nitrogens is 1. The fourth-order valence-electron chi connectivity index (χ4n) is 2.08. The summed E-state index contributed by atoms with van der Waals surface area (Å²) < 4.78 is 14.0. The molecule has 2 aromatic carbocycles. The molecule has 20 heavy (non-hydrogen) atoms. The van der Waals surface area contributed by atoms with E-state index in [4.69, 9.17) is 11.6 Å². The van der Waals surface area contributed by atoms with Gasteiger partial charge in [-0.1, -0.05) is 11.6 Å². The minimum atomic E-state index is -0.337. The zero-order valence-corrected chi connectivity index (χ0v) is 13.0. The van der Waals surface area contributed by atoms with Crippen molar-refractivity contribution < 1.29 is 9.18 Å². The van der Waals surface area contributed by atoms with Gasteiger partial charge in [-0.3, -0.25) is 4.79 Å². The molecule has 100 valence electrons. The third-order valence-corrected chi connectivity index (χ3v) is 4.64. The van der Waals surface area contributed by atoms with Crippen molar-refractivity contribution in [1.82, 2.24) is 4.98 Å². The molecule has 0 radical (unpaired) electrons. The van der Waals surface area contributed by atoms with Crippen LogP contribution in [0.3, 0.4) is 0 Å². The molecule has 1 N–H and O–H groups in total. The smallest absolute Gasteiger partial charge is 0.195 e. The lowest BCUT2D eigenvalue weighted by Gasteiger charge is -2.02. The Morgan fingerprint density at radius 3 is 2.75 bits per heavy atom. The lowest BCUT2D eigenvalue weighted by Crippen LogP contribution is -2.00. The van der Waals surface area contributed by atoms with E-state index in [-0.39, 0.29) is 11.6 Å². The number of carbonyl (C=O) groups is 1. The molecule has 0 unspecified atom stereocenters. The highest BCUT2D eigenvalue weighted by Gasteiger charge is 2.15. The Balaban J connectivity index is 2.10. The van der Waals surface area contributed by atoms with E-state index in [2.05, 4.69) is 27.6 Å². The molecule has 1 aromatic heterocycles. The van der Waals surface area contributed by atoms with E-state index in [1.54, 1.807) is 30.5 Å². The maximum Gasteiger partial charge on any atom is 0.195 e. The average molecular weight is 400 g/mol. The summed E-state index contributed by atoms with van der Waals surface area (Å²) >= 11 is 8.15. The van der Waals surface area contributed by atoms with E-state index in [1.807, 2.05) is 0 Å². The third-order valence-electron chi connectivity index (χ3n) is 3.07. The lowest BCUT2D eigenvalue weighted by molar-refractivity contribution is 0.104. The van der Waals surface area contributed by atoms with Crippen molar-refractivity contribution >= 4 is 50.9 Å². The van der Waals surface area contributed by atoms with Crippen LogP contribution in [0.15, 0.2) is 42.6 Å². The topological polar surface area (TPSA) is 32.9 Å². The van der Waals surface area contributed by atoms with Crippen molar-refractivity contribution in [2.45, 2.75) is 0 Å². The minimum absolute atomic E-state index is 0.138. The minimum Gasteiger partial charge on any atom is -0.360 e. The first-order chi connectivity index (χ1) is 9.56. The number of rotatable bonds is 2. The van der Waals surface area contributed by atoms with Crippen molar-refractivity contribution in [3.8, 4) is 0 Å². The molecule has 0 amide bonds. The molecule has 2 nitrogen and oxygen atoms in total. The largest absolute Gasteiger partial charge is 0.360 e. The number of hydrogen-bond acceptors (Lipinski definition) is 1. The van der Waals surface area contributed by atoms with E-state index in [0.717, 1.165) is 3.57 Å². The highest BCUT2D eigenvalue weighted by atomic mass is 127. The van der Waals surface area contributed by atoms with Gasteiger partial charge < -0.3 is 4.98 Å². The highest BCUT2D eigenvalue weighted by Crippen LogP contribution is 2.25. The van der Waals surface area contributed by atoms with Crippen molar-refractivity contribution in [2.24, 2.45) is 0 Å². The van der Waals surface area contributed by atoms with Crippen LogP contribution in [0.2, 0.25) is 5.02 Å². The number of benzene rings is 2. The summed E-state index contributed by atoms with van der Waals surface area (Å²) in [5.41, 5.74) is 1.63. The lowest BCUT2D eigenvalue weighted by atomic mass is 10.0. The van der Waals surface area contributed by atoms with Crippen LogP contribution in [0, 0.1) is 9.39 Å². The average Bonchev–Trinajstić information content (AvgIpc) is 2.84. The monoisotopic (exact) mass is 399 g/mol. The molecule has 0 bridgehead atoms. The van der Waals surface area contributed by atoms with Crippen LogP contribution in [0.25, 0.3) is 10.9 Å². The molecular weight excluding hydrogens is 392 g/mol. The molecule has 0 fully saturated rings. The zero-order chi connectivity index (χ0) is 14.3. The second-order valence-electron chi connectivity index (χ2n) is 4.35. The van der Waals surface area contributed by atoms with Crippen LogP contribution >= 0.6 is 34.2 Å². The molecule has 0 aliphatic carbocycles. The molecule has 0 aliphatic heterocycles. The van der Waals surface area contributed by atoms with E-state index in [9.17, 15) is 9.18 Å². The van der Waals surface area contributed by atoms with Gasteiger partial charge >= 0.3 is 0 Å². The number of hydrogen-bond donors (Lipinski definition) is 1. The number of ketones is 1. The van der Waals surface area contributed by atoms with Gasteiger partial charge in [0.15, 0.2) is 5.78 Å². The second-order valence-corrected chi connectivity index (χ2v) is 5.92. The molecule has 0 spiro atoms. The Morgan fingerprint density at radius 1 is 1.20 bits per heavy atom. The molecule has 3 rings (SSSR count). The predicted molar refractivity (Wildman–Crippen MR) is 85.9 cm³/mol. The SMILES string of the molecule is O=C(c1ccc(I)c(Cl)c1)c1c[nH]c2cc(F)ccc12. The van der Waals surface area contributed by atoms with Crippen LogP contribution < -0.4 is 0 Å². The first-order valence-corrected chi connectivity index (χ1v) is 7.28. The maximum absolute atomic E-state index is 13.1. The quantitative estimate of drug-likeness (QED) is 0.487. The first-order valence-electron chi connectivity index (χ1n) is 5.82. The van der Waals surface area contributed by atoms with Gasteiger partial charge in [-0.25, -0.2) is 4.39 Å². The van der Waals surface area contributed by atoms with E-state index in [0.29, 0.717) is 27.1 Å². The second kappa shape index (κ2) is 5.18. The Bertz CT molecular complexity index is 828. The molecule has 0 saturated carbocycles. The summed E-state index contributed by atoms with van der Waals surface area (Å²) in [5, 5.41) is 1.24. The Hall–Kier alpha value is -1.40. The summed E-state index contributed by atoms with van der Waals surface area (Å²) in [7, 11) is 0. The maximum atomic E-state index is 13.1. The van der Waals surface area contributed by atoms with Gasteiger partial charge in [0.2, 0.25) is 0 Å². The van der Waals surface area contributed by atoms with Gasteiger partial charge in [0, 0.05) is 31.8 Å². The summed E-state index contributed by atoms with van der Waals surface area (Å²) in [4.78, 5) is 15.4. The van der Waals surface area contributed by atoms with Gasteiger partial charge in [0.05, 0.1) is 5.02 Å². The van der Waals surface area contributed by atoms with Crippen molar-refractivity contribution in [1.29, 1.82) is 0 Å². The normalized spacial score (nSPS) is 10.9. The number of aromatic amines is 1. The van der Waals surface area contributed by atoms with Crippen LogP contribution in [0.5, 0.6) is 0 Å². The first kappa shape index (κ1) is 13.6. The number of aromatic nitrogens is 1. The van der Waals surface area contributed by atoms with Crippen LogP contribution in [-0.4, -0.2) is 10.8 Å². The molecule has 1 heterocycles. The molecule has 5 heteroatoms. The van der Waals surface area contributed by atoms with Gasteiger partial charge in [0.25, 0.3) is 0 Å². The number of fused-ring (bicyclic) bond motifs is 1. The van der Waals surface area contributed by atoms with Gasteiger partial charge in [-0.05, 0) is 59.0 Å². The number of carbonyl (C=O) groups excluding carboxylic acids is 1. The van der Waals surface area contributed by atoms with Crippen LogP contribution in [0.1, 0.15) is 15.9 Å². The third kappa shape index (κ3) is 2.33. The summed E-state index contributed by atoms with van der Waals surface area (Å²) in [6.45, 7) is 0. The Labute approximate surface area is 133 Å². The highest BCUT2D eigenvalue weighted by molar-refractivity contribution is 14.1. The predicted octanol–water partition coefficient (Wildman–Crippen LogP) is 4.80. The number of halogens is 3. The zero-order valence-electron chi connectivity index (χ0n) is 10.1. The molecule has 3 aromatic rings. The molecule has 0 aliphatic rings. The van der Waals surface area contributed by atoms with Crippen molar-refractivity contribution in [2.75, 3.05) is 0 Å². The Morgan fingerprint density at radius 2 is 2.00 bits per heavy atom. The van der Waals surface area contributed by atoms with E-state index < -0.39 is 0 Å². The van der Waals surface area contributed by atoms with Gasteiger partial charge in [-0.2, -0.15) is 0 Å². The van der Waals surface area contributed by atoms with Gasteiger partial charge in [-0.15, -0.1) is 0 Å². The van der Waals surface area contributed by atoms with E-state index >= 15 is 0 Å². The molecule has 0 saturated heterocycles. The van der Waals surface area contributed by atoms with E-state index in [1.165, 1.54) is 12.1 Å². The standard InChI is InChI=1S/C15H8ClFINO/c16-12-5-8(1-4-13(12)18)15(20)11-7-19-14-6-9(17)2-3-10(11)14/h1-7,19H. The fraction of sp³-hybridized carbons (Fsp3) is 0. The van der Waals surface area contributed by atoms with Crippen LogP contribution in [-0.2, 0) is 0 Å².